The highest BCUT2D eigenvalue weighted by molar-refractivity contribution is 7.07. The van der Waals surface area contributed by atoms with Crippen LogP contribution < -0.4 is 14.9 Å². The van der Waals surface area contributed by atoms with Crippen LogP contribution in [0.5, 0.6) is 0 Å². The van der Waals surface area contributed by atoms with Crippen LogP contribution in [0.15, 0.2) is 113 Å². The van der Waals surface area contributed by atoms with Crippen LogP contribution in [0.2, 0.25) is 0 Å². The maximum atomic E-state index is 14.1. The predicted molar refractivity (Wildman–Crippen MR) is 160 cm³/mol. The summed E-state index contributed by atoms with van der Waals surface area (Å²) in [7, 11) is 0. The summed E-state index contributed by atoms with van der Waals surface area (Å²) >= 11 is 1.25. The molecule has 8 heteroatoms. The molecule has 41 heavy (non-hydrogen) atoms. The highest BCUT2D eigenvalue weighted by Crippen LogP contribution is 2.35. The molecule has 3 heterocycles. The summed E-state index contributed by atoms with van der Waals surface area (Å²) in [5.41, 5.74) is 3.57. The number of esters is 1. The summed E-state index contributed by atoms with van der Waals surface area (Å²) < 4.78 is 23.5. The van der Waals surface area contributed by atoms with E-state index in [0.29, 0.717) is 32.7 Å². The number of benzene rings is 3. The first-order chi connectivity index (χ1) is 20.0. The van der Waals surface area contributed by atoms with E-state index in [4.69, 9.17) is 9.73 Å². The number of hydrogen-bond donors (Lipinski definition) is 0. The molecule has 0 N–H and O–H groups in total. The number of carbonyl (C=O) groups excluding carboxylic acids is 1. The second-order valence-corrected chi connectivity index (χ2v) is 10.5. The molecule has 6 rings (SSSR count). The first kappa shape index (κ1) is 26.4. The third-order valence-electron chi connectivity index (χ3n) is 6.99. The predicted octanol–water partition coefficient (Wildman–Crippen LogP) is 5.22. The molecule has 0 spiro atoms. The lowest BCUT2D eigenvalue weighted by Gasteiger charge is -2.25. The van der Waals surface area contributed by atoms with Crippen LogP contribution in [0.1, 0.15) is 29.7 Å². The average molecular weight is 564 g/mol. The fourth-order valence-electron chi connectivity index (χ4n) is 5.22. The molecule has 1 aliphatic rings. The number of ether oxygens (including phenoxy) is 1. The monoisotopic (exact) mass is 563 g/mol. The molecule has 0 amide bonds. The minimum atomic E-state index is -0.856. The topological polar surface area (TPSA) is 65.6 Å². The number of halogens is 1. The molecule has 0 saturated heterocycles. The van der Waals surface area contributed by atoms with E-state index in [1.54, 1.807) is 19.1 Å². The van der Waals surface area contributed by atoms with Crippen LogP contribution in [-0.4, -0.2) is 21.7 Å². The molecule has 2 aromatic heterocycles. The van der Waals surface area contributed by atoms with E-state index in [2.05, 4.69) is 11.1 Å². The maximum absolute atomic E-state index is 14.1. The molecular weight excluding hydrogens is 537 g/mol. The van der Waals surface area contributed by atoms with Gasteiger partial charge in [0.05, 0.1) is 28.5 Å². The van der Waals surface area contributed by atoms with Crippen molar-refractivity contribution in [2.45, 2.75) is 19.5 Å². The number of carbonyl (C=O) groups is 1. The number of nitrogens with zero attached hydrogens (tertiary/aromatic N) is 3. The van der Waals surface area contributed by atoms with Gasteiger partial charge in [-0.3, -0.25) is 9.36 Å². The van der Waals surface area contributed by atoms with Gasteiger partial charge in [-0.05, 0) is 36.8 Å². The van der Waals surface area contributed by atoms with Gasteiger partial charge in [-0.15, -0.1) is 6.58 Å². The Kier molecular flexibility index (Phi) is 7.07. The second kappa shape index (κ2) is 11.0. The molecule has 0 bridgehead atoms. The Morgan fingerprint density at radius 1 is 1.07 bits per heavy atom. The van der Waals surface area contributed by atoms with Crippen molar-refractivity contribution in [3.63, 3.8) is 0 Å². The van der Waals surface area contributed by atoms with E-state index in [1.165, 1.54) is 28.0 Å². The van der Waals surface area contributed by atoms with Gasteiger partial charge in [0.2, 0.25) is 0 Å². The lowest BCUT2D eigenvalue weighted by molar-refractivity contribution is -0.138. The van der Waals surface area contributed by atoms with Gasteiger partial charge >= 0.3 is 5.97 Å². The first-order valence-electron chi connectivity index (χ1n) is 13.2. The Balaban J connectivity index is 1.64. The molecule has 5 aromatic rings. The van der Waals surface area contributed by atoms with Crippen molar-refractivity contribution < 1.29 is 13.9 Å². The Bertz CT molecular complexity index is 2000. The molecule has 6 nitrogen and oxygen atoms in total. The summed E-state index contributed by atoms with van der Waals surface area (Å²) in [6, 6.07) is 22.3. The second-order valence-electron chi connectivity index (χ2n) is 9.53. The number of para-hydroxylation sites is 1. The van der Waals surface area contributed by atoms with Crippen molar-refractivity contribution in [1.82, 2.24) is 9.13 Å². The van der Waals surface area contributed by atoms with Crippen LogP contribution in [0.25, 0.3) is 22.7 Å². The lowest BCUT2D eigenvalue weighted by atomic mass is 9.93. The quantitative estimate of drug-likeness (QED) is 0.202. The molecule has 1 aliphatic heterocycles. The number of fused-ring (bicyclic) bond motifs is 2. The Hall–Kier alpha value is -4.82. The van der Waals surface area contributed by atoms with Crippen molar-refractivity contribution >= 4 is 40.0 Å². The Labute approximate surface area is 239 Å². The van der Waals surface area contributed by atoms with Gasteiger partial charge in [-0.2, -0.15) is 0 Å². The van der Waals surface area contributed by atoms with Gasteiger partial charge in [0.25, 0.3) is 5.56 Å². The maximum Gasteiger partial charge on any atom is 0.338 e. The van der Waals surface area contributed by atoms with Crippen molar-refractivity contribution in [3.8, 4) is 0 Å². The standard InChI is InChI=1S/C33H26FN3O3S/c1-3-18-36-20-23(25-12-8-9-13-26(25)36)19-27-31(38)37-30(22-14-16-24(34)17-15-22)28(32(39)40-4-2)29(35-33(37)41-27)21-10-6-5-7-11-21/h3,5-17,19-20,30H,1,4,18H2,2H3/b27-19+. The molecule has 1 atom stereocenters. The zero-order valence-electron chi connectivity index (χ0n) is 22.3. The summed E-state index contributed by atoms with van der Waals surface area (Å²) in [5, 5.41) is 1.01. The van der Waals surface area contributed by atoms with Crippen molar-refractivity contribution in [1.29, 1.82) is 0 Å². The van der Waals surface area contributed by atoms with Crippen LogP contribution in [-0.2, 0) is 16.1 Å². The first-order valence-corrected chi connectivity index (χ1v) is 14.0. The fraction of sp³-hybridized carbons (Fsp3) is 0.121. The van der Waals surface area contributed by atoms with Crippen LogP contribution >= 0.6 is 11.3 Å². The number of allylic oxidation sites excluding steroid dienone is 1. The highest BCUT2D eigenvalue weighted by Gasteiger charge is 2.35. The Morgan fingerprint density at radius 2 is 1.80 bits per heavy atom. The van der Waals surface area contributed by atoms with Crippen LogP contribution in [0, 0.1) is 5.82 Å². The molecule has 0 aliphatic carbocycles. The molecule has 0 saturated carbocycles. The van der Waals surface area contributed by atoms with Gasteiger partial charge < -0.3 is 9.30 Å². The van der Waals surface area contributed by atoms with E-state index >= 15 is 0 Å². The number of hydrogen-bond acceptors (Lipinski definition) is 5. The smallest absolute Gasteiger partial charge is 0.338 e. The number of thiazole rings is 1. The van der Waals surface area contributed by atoms with E-state index < -0.39 is 17.8 Å². The average Bonchev–Trinajstić information content (AvgIpc) is 3.50. The number of aromatic nitrogens is 2. The summed E-state index contributed by atoms with van der Waals surface area (Å²) in [4.78, 5) is 32.9. The molecular formula is C33H26FN3O3S. The van der Waals surface area contributed by atoms with Crippen LogP contribution in [0.3, 0.4) is 0 Å². The number of rotatable bonds is 7. The minimum Gasteiger partial charge on any atom is -0.463 e. The van der Waals surface area contributed by atoms with E-state index in [-0.39, 0.29) is 17.7 Å². The third-order valence-corrected chi connectivity index (χ3v) is 7.97. The van der Waals surface area contributed by atoms with Crippen molar-refractivity contribution in [3.05, 3.63) is 145 Å². The normalized spacial score (nSPS) is 15.1. The van der Waals surface area contributed by atoms with Gasteiger partial charge in [-0.25, -0.2) is 14.2 Å². The zero-order chi connectivity index (χ0) is 28.5. The van der Waals surface area contributed by atoms with Crippen molar-refractivity contribution in [2.24, 2.45) is 4.99 Å². The summed E-state index contributed by atoms with van der Waals surface area (Å²) in [6.07, 6.45) is 5.69. The SMILES string of the molecule is C=CCn1cc(/C=c2/sc3n(c2=O)C(c2ccc(F)cc2)C(C(=O)OCC)=C(c2ccccc2)N=3)c2ccccc21. The van der Waals surface area contributed by atoms with Gasteiger partial charge in [0.1, 0.15) is 5.82 Å². The third kappa shape index (κ3) is 4.76. The summed E-state index contributed by atoms with van der Waals surface area (Å²) in [5.74, 6) is -0.992. The lowest BCUT2D eigenvalue weighted by Crippen LogP contribution is -2.40. The minimum absolute atomic E-state index is 0.153. The van der Waals surface area contributed by atoms with E-state index in [1.807, 2.05) is 72.9 Å². The highest BCUT2D eigenvalue weighted by atomic mass is 32.1. The van der Waals surface area contributed by atoms with Gasteiger partial charge in [0, 0.05) is 34.8 Å². The van der Waals surface area contributed by atoms with Crippen molar-refractivity contribution in [2.75, 3.05) is 6.61 Å². The molecule has 3 aromatic carbocycles. The Morgan fingerprint density at radius 3 is 2.54 bits per heavy atom. The summed E-state index contributed by atoms with van der Waals surface area (Å²) in [6.45, 7) is 6.37. The van der Waals surface area contributed by atoms with Crippen LogP contribution in [0.4, 0.5) is 4.39 Å². The molecule has 0 radical (unpaired) electrons. The molecule has 1 unspecified atom stereocenters. The van der Waals surface area contributed by atoms with E-state index in [0.717, 1.165) is 16.5 Å². The van der Waals surface area contributed by atoms with E-state index in [9.17, 15) is 14.0 Å². The molecule has 0 fully saturated rings. The van der Waals surface area contributed by atoms with Gasteiger partial charge in [-0.1, -0.05) is 78.1 Å². The molecule has 204 valence electrons. The van der Waals surface area contributed by atoms with Gasteiger partial charge in [0.15, 0.2) is 4.80 Å². The fourth-order valence-corrected chi connectivity index (χ4v) is 6.21. The zero-order valence-corrected chi connectivity index (χ0v) is 23.1. The largest absolute Gasteiger partial charge is 0.463 e.